The highest BCUT2D eigenvalue weighted by Gasteiger charge is 2.27. The Morgan fingerprint density at radius 3 is 2.64 bits per heavy atom. The van der Waals surface area contributed by atoms with Crippen molar-refractivity contribution in [1.82, 2.24) is 10.3 Å². The minimum absolute atomic E-state index is 0.0673. The molecular weight excluding hydrogens is 364 g/mol. The van der Waals surface area contributed by atoms with E-state index in [4.69, 9.17) is 21.4 Å². The first-order valence-corrected chi connectivity index (χ1v) is 8.84. The summed E-state index contributed by atoms with van der Waals surface area (Å²) in [4.78, 5) is 27.3. The average molecular weight is 383 g/mol. The third-order valence-electron chi connectivity index (χ3n) is 3.42. The number of aliphatic carboxylic acids is 1. The van der Waals surface area contributed by atoms with E-state index in [-0.39, 0.29) is 18.9 Å². The van der Waals surface area contributed by atoms with Crippen molar-refractivity contribution in [3.63, 3.8) is 0 Å². The lowest BCUT2D eigenvalue weighted by molar-refractivity contribution is -0.146. The first-order chi connectivity index (χ1) is 11.8. The number of hydrogen-bond donors (Lipinski definition) is 2. The summed E-state index contributed by atoms with van der Waals surface area (Å²) in [6, 6.07) is 7.03. The Balaban J connectivity index is 1.81. The number of hydrogen-bond acceptors (Lipinski definition) is 5. The van der Waals surface area contributed by atoms with Crippen LogP contribution in [0.3, 0.4) is 0 Å². The number of thiazole rings is 1. The molecule has 0 bridgehead atoms. The van der Waals surface area contributed by atoms with Crippen LogP contribution in [-0.2, 0) is 22.6 Å². The molecule has 6 nitrogen and oxygen atoms in total. The maximum Gasteiger partial charge on any atom is 0.310 e. The summed E-state index contributed by atoms with van der Waals surface area (Å²) >= 11 is 7.22. The van der Waals surface area contributed by atoms with Crippen molar-refractivity contribution in [3.8, 4) is 5.75 Å². The summed E-state index contributed by atoms with van der Waals surface area (Å²) in [6.07, 6.45) is 0.104. The van der Waals surface area contributed by atoms with Crippen LogP contribution >= 0.6 is 22.9 Å². The van der Waals surface area contributed by atoms with Crippen LogP contribution in [0.25, 0.3) is 0 Å². The predicted octanol–water partition coefficient (Wildman–Crippen LogP) is 3.15. The van der Waals surface area contributed by atoms with Crippen LogP contribution in [0, 0.1) is 5.41 Å². The molecule has 0 radical (unpaired) electrons. The molecule has 0 aliphatic carbocycles. The lowest BCUT2D eigenvalue weighted by atomic mass is 9.94. The smallest absolute Gasteiger partial charge is 0.310 e. The third-order valence-corrected chi connectivity index (χ3v) is 4.55. The van der Waals surface area contributed by atoms with Crippen LogP contribution in [0.15, 0.2) is 29.6 Å². The fourth-order valence-electron chi connectivity index (χ4n) is 1.79. The molecule has 0 aliphatic rings. The summed E-state index contributed by atoms with van der Waals surface area (Å²) in [7, 11) is 0. The van der Waals surface area contributed by atoms with Crippen LogP contribution in [0.5, 0.6) is 5.75 Å². The lowest BCUT2D eigenvalue weighted by Crippen LogP contribution is -2.39. The SMILES string of the molecule is CC(C)(CNC(=O)Cc1csc(COc2ccc(Cl)cc2)n1)C(=O)O. The summed E-state index contributed by atoms with van der Waals surface area (Å²) in [6.45, 7) is 3.49. The third kappa shape index (κ3) is 6.03. The molecule has 1 amide bonds. The largest absolute Gasteiger partial charge is 0.486 e. The maximum atomic E-state index is 11.9. The van der Waals surface area contributed by atoms with Crippen molar-refractivity contribution in [2.45, 2.75) is 26.9 Å². The van der Waals surface area contributed by atoms with Crippen LogP contribution in [0.4, 0.5) is 0 Å². The Morgan fingerprint density at radius 2 is 2.00 bits per heavy atom. The Labute approximate surface area is 154 Å². The van der Waals surface area contributed by atoms with E-state index >= 15 is 0 Å². The molecule has 1 heterocycles. The van der Waals surface area contributed by atoms with E-state index in [0.29, 0.717) is 23.1 Å². The second kappa shape index (κ2) is 8.31. The molecule has 134 valence electrons. The van der Waals surface area contributed by atoms with Crippen LogP contribution < -0.4 is 10.1 Å². The minimum atomic E-state index is -1.00. The standard InChI is InChI=1S/C17H19ClN2O4S/c1-17(2,16(22)23)10-19-14(21)7-12-9-25-15(20-12)8-24-13-5-3-11(18)4-6-13/h3-6,9H,7-8,10H2,1-2H3,(H,19,21)(H,22,23). The minimum Gasteiger partial charge on any atom is -0.486 e. The summed E-state index contributed by atoms with van der Waals surface area (Å²) in [5.41, 5.74) is -0.375. The molecule has 0 spiro atoms. The fourth-order valence-corrected chi connectivity index (χ4v) is 2.63. The number of nitrogens with one attached hydrogen (secondary N) is 1. The van der Waals surface area contributed by atoms with Gasteiger partial charge in [-0.3, -0.25) is 9.59 Å². The quantitative estimate of drug-likeness (QED) is 0.732. The number of halogens is 1. The zero-order chi connectivity index (χ0) is 18.4. The molecule has 0 atom stereocenters. The van der Waals surface area contributed by atoms with Gasteiger partial charge >= 0.3 is 5.97 Å². The van der Waals surface area contributed by atoms with E-state index in [0.717, 1.165) is 5.01 Å². The number of carboxylic acids is 1. The number of ether oxygens (including phenoxy) is 1. The molecule has 0 fully saturated rings. The van der Waals surface area contributed by atoms with E-state index in [9.17, 15) is 9.59 Å². The number of nitrogens with zero attached hydrogens (tertiary/aromatic N) is 1. The summed E-state index contributed by atoms with van der Waals surface area (Å²) in [5.74, 6) is -0.525. The molecule has 1 aromatic carbocycles. The highest BCUT2D eigenvalue weighted by Crippen LogP contribution is 2.18. The van der Waals surface area contributed by atoms with E-state index in [1.807, 2.05) is 0 Å². The first kappa shape index (κ1) is 19.2. The van der Waals surface area contributed by atoms with E-state index in [1.165, 1.54) is 11.3 Å². The molecule has 0 aliphatic heterocycles. The van der Waals surface area contributed by atoms with E-state index < -0.39 is 11.4 Å². The van der Waals surface area contributed by atoms with Crippen LogP contribution in [-0.4, -0.2) is 28.5 Å². The number of amides is 1. The van der Waals surface area contributed by atoms with Crippen molar-refractivity contribution in [1.29, 1.82) is 0 Å². The first-order valence-electron chi connectivity index (χ1n) is 7.58. The molecule has 0 saturated heterocycles. The van der Waals surface area contributed by atoms with Gasteiger partial charge in [-0.05, 0) is 38.1 Å². The van der Waals surface area contributed by atoms with Crippen molar-refractivity contribution >= 4 is 34.8 Å². The van der Waals surface area contributed by atoms with Crippen molar-refractivity contribution in [2.24, 2.45) is 5.41 Å². The second-order valence-electron chi connectivity index (χ2n) is 6.12. The zero-order valence-electron chi connectivity index (χ0n) is 13.9. The second-order valence-corrected chi connectivity index (χ2v) is 7.50. The number of rotatable bonds is 8. The fraction of sp³-hybridized carbons (Fsp3) is 0.353. The van der Waals surface area contributed by atoms with Crippen molar-refractivity contribution in [2.75, 3.05) is 6.54 Å². The Bertz CT molecular complexity index is 743. The van der Waals surface area contributed by atoms with Gasteiger partial charge in [0.15, 0.2) is 0 Å². The van der Waals surface area contributed by atoms with Gasteiger partial charge in [0.2, 0.25) is 5.91 Å². The van der Waals surface area contributed by atoms with Crippen LogP contribution in [0.1, 0.15) is 24.5 Å². The monoisotopic (exact) mass is 382 g/mol. The Hall–Kier alpha value is -2.12. The molecular formula is C17H19ClN2O4S. The average Bonchev–Trinajstić information content (AvgIpc) is 3.00. The van der Waals surface area contributed by atoms with Gasteiger partial charge in [-0.1, -0.05) is 11.6 Å². The van der Waals surface area contributed by atoms with Gasteiger partial charge in [-0.25, -0.2) is 4.98 Å². The molecule has 0 unspecified atom stereocenters. The number of carbonyl (C=O) groups excluding carboxylic acids is 1. The van der Waals surface area contributed by atoms with Crippen molar-refractivity contribution < 1.29 is 19.4 Å². The molecule has 0 saturated carbocycles. The van der Waals surface area contributed by atoms with Gasteiger partial charge in [0.05, 0.1) is 17.5 Å². The summed E-state index contributed by atoms with van der Waals surface area (Å²) < 4.78 is 5.61. The highest BCUT2D eigenvalue weighted by molar-refractivity contribution is 7.09. The topological polar surface area (TPSA) is 88.5 Å². The molecule has 2 rings (SSSR count). The maximum absolute atomic E-state index is 11.9. The van der Waals surface area contributed by atoms with Crippen molar-refractivity contribution in [3.05, 3.63) is 45.4 Å². The molecule has 25 heavy (non-hydrogen) atoms. The van der Waals surface area contributed by atoms with Gasteiger partial charge in [-0.2, -0.15) is 0 Å². The number of carbonyl (C=O) groups is 2. The normalized spacial score (nSPS) is 11.2. The van der Waals surface area contributed by atoms with Gasteiger partial charge in [0, 0.05) is 16.9 Å². The van der Waals surface area contributed by atoms with Gasteiger partial charge in [0.25, 0.3) is 0 Å². The predicted molar refractivity (Wildman–Crippen MR) is 96.0 cm³/mol. The summed E-state index contributed by atoms with van der Waals surface area (Å²) in [5, 5.41) is 14.8. The Morgan fingerprint density at radius 1 is 1.32 bits per heavy atom. The molecule has 8 heteroatoms. The number of aromatic nitrogens is 1. The molecule has 1 aromatic heterocycles. The van der Waals surface area contributed by atoms with E-state index in [1.54, 1.807) is 43.5 Å². The van der Waals surface area contributed by atoms with Gasteiger partial charge in [-0.15, -0.1) is 11.3 Å². The van der Waals surface area contributed by atoms with Gasteiger partial charge in [0.1, 0.15) is 17.4 Å². The van der Waals surface area contributed by atoms with E-state index in [2.05, 4.69) is 10.3 Å². The Kier molecular flexibility index (Phi) is 6.39. The number of benzene rings is 1. The number of carboxylic acid groups (broad SMARTS) is 1. The molecule has 2 N–H and O–H groups in total. The lowest BCUT2D eigenvalue weighted by Gasteiger charge is -2.19. The molecule has 2 aromatic rings. The van der Waals surface area contributed by atoms with Gasteiger partial charge < -0.3 is 15.2 Å². The highest BCUT2D eigenvalue weighted by atomic mass is 35.5. The zero-order valence-corrected chi connectivity index (χ0v) is 15.5. The van der Waals surface area contributed by atoms with Crippen LogP contribution in [0.2, 0.25) is 5.02 Å².